The summed E-state index contributed by atoms with van der Waals surface area (Å²) in [5.74, 6) is -2.94. The summed E-state index contributed by atoms with van der Waals surface area (Å²) < 4.78 is 48.9. The molecule has 5 nitrogen and oxygen atoms in total. The number of halogens is 4. The minimum absolute atomic E-state index is 0.0151. The molecule has 39 heavy (non-hydrogen) atoms. The van der Waals surface area contributed by atoms with Crippen molar-refractivity contribution in [1.29, 1.82) is 0 Å². The van der Waals surface area contributed by atoms with Crippen molar-refractivity contribution >= 4 is 29.1 Å². The number of carbonyl (C=O) groups excluding carboxylic acids is 2. The van der Waals surface area contributed by atoms with E-state index < -0.39 is 40.8 Å². The summed E-state index contributed by atoms with van der Waals surface area (Å²) in [7, 11) is 0. The second kappa shape index (κ2) is 9.61. The molecule has 0 bridgehead atoms. The van der Waals surface area contributed by atoms with Crippen LogP contribution in [0.2, 0.25) is 5.02 Å². The predicted octanol–water partition coefficient (Wildman–Crippen LogP) is 6.91. The Morgan fingerprint density at radius 2 is 1.69 bits per heavy atom. The summed E-state index contributed by atoms with van der Waals surface area (Å²) in [4.78, 5) is 27.3. The Labute approximate surface area is 227 Å². The maximum Gasteiger partial charge on any atom is 0.237 e. The lowest BCUT2D eigenvalue weighted by molar-refractivity contribution is -0.135. The van der Waals surface area contributed by atoms with E-state index >= 15 is 0 Å². The molecule has 1 spiro atoms. The number of fused-ring (bicyclic) bond motifs is 2. The van der Waals surface area contributed by atoms with Crippen LogP contribution in [0.3, 0.4) is 0 Å². The maximum absolute atomic E-state index is 14.8. The number of nitrogens with one attached hydrogen (secondary N) is 2. The number of anilines is 1. The van der Waals surface area contributed by atoms with Gasteiger partial charge in [0.05, 0.1) is 6.04 Å². The molecule has 1 aliphatic carbocycles. The second-order valence-electron chi connectivity index (χ2n) is 9.93. The molecule has 0 aromatic heterocycles. The van der Waals surface area contributed by atoms with Crippen LogP contribution in [0, 0.1) is 23.5 Å². The SMILES string of the molecule is O=C1C[C@@H](C2C=CC=C(F)C2)[C@]2(C(=O)Nc3cc(Cl)ccc32)[C@@H](c2cc(F)ccc2Oc2ccc(F)cc2)N1. The number of allylic oxidation sites excluding steroid dienone is 4. The molecule has 1 fully saturated rings. The van der Waals surface area contributed by atoms with Crippen molar-refractivity contribution in [3.8, 4) is 11.5 Å². The fourth-order valence-electron chi connectivity index (χ4n) is 6.11. The van der Waals surface area contributed by atoms with Gasteiger partial charge in [0.2, 0.25) is 11.8 Å². The van der Waals surface area contributed by atoms with Crippen molar-refractivity contribution in [3.05, 3.63) is 113 Å². The number of ether oxygens (including phenoxy) is 1. The van der Waals surface area contributed by atoms with E-state index in [0.29, 0.717) is 16.3 Å². The van der Waals surface area contributed by atoms with E-state index in [4.69, 9.17) is 16.3 Å². The van der Waals surface area contributed by atoms with Crippen molar-refractivity contribution in [1.82, 2.24) is 5.32 Å². The first kappa shape index (κ1) is 25.2. The van der Waals surface area contributed by atoms with E-state index in [9.17, 15) is 22.8 Å². The van der Waals surface area contributed by atoms with E-state index in [1.54, 1.807) is 30.4 Å². The first-order valence-electron chi connectivity index (χ1n) is 12.4. The van der Waals surface area contributed by atoms with E-state index in [2.05, 4.69) is 10.6 Å². The molecule has 0 saturated carbocycles. The molecule has 4 atom stereocenters. The lowest BCUT2D eigenvalue weighted by Gasteiger charge is -2.48. The van der Waals surface area contributed by atoms with Gasteiger partial charge in [-0.05, 0) is 78.1 Å². The van der Waals surface area contributed by atoms with Gasteiger partial charge in [-0.15, -0.1) is 0 Å². The Hall–Kier alpha value is -4.04. The van der Waals surface area contributed by atoms with Gasteiger partial charge in [-0.2, -0.15) is 0 Å². The number of piperidine rings is 1. The highest BCUT2D eigenvalue weighted by molar-refractivity contribution is 6.31. The molecule has 9 heteroatoms. The molecule has 3 aliphatic rings. The second-order valence-corrected chi connectivity index (χ2v) is 10.4. The Morgan fingerprint density at radius 1 is 0.923 bits per heavy atom. The van der Waals surface area contributed by atoms with Crippen LogP contribution in [0.5, 0.6) is 11.5 Å². The van der Waals surface area contributed by atoms with Gasteiger partial charge in [0.15, 0.2) is 0 Å². The summed E-state index contributed by atoms with van der Waals surface area (Å²) in [6, 6.07) is 13.0. The van der Waals surface area contributed by atoms with Gasteiger partial charge in [0.25, 0.3) is 0 Å². The van der Waals surface area contributed by atoms with E-state index in [-0.39, 0.29) is 41.6 Å². The van der Waals surface area contributed by atoms with Crippen LogP contribution in [0.4, 0.5) is 18.9 Å². The molecular formula is C30H22ClF3N2O3. The number of hydrogen-bond acceptors (Lipinski definition) is 3. The van der Waals surface area contributed by atoms with Crippen LogP contribution < -0.4 is 15.4 Å². The third kappa shape index (κ3) is 4.29. The molecule has 6 rings (SSSR count). The zero-order chi connectivity index (χ0) is 27.3. The van der Waals surface area contributed by atoms with Crippen LogP contribution >= 0.6 is 11.6 Å². The third-order valence-corrected chi connectivity index (χ3v) is 7.94. The van der Waals surface area contributed by atoms with Crippen LogP contribution in [0.1, 0.15) is 30.0 Å². The topological polar surface area (TPSA) is 67.4 Å². The number of rotatable bonds is 4. The molecule has 0 radical (unpaired) electrons. The highest BCUT2D eigenvalue weighted by Gasteiger charge is 2.62. The molecule has 3 aromatic carbocycles. The largest absolute Gasteiger partial charge is 0.457 e. The van der Waals surface area contributed by atoms with Crippen LogP contribution in [-0.4, -0.2) is 11.8 Å². The molecule has 1 saturated heterocycles. The molecule has 1 unspecified atom stereocenters. The minimum Gasteiger partial charge on any atom is -0.457 e. The van der Waals surface area contributed by atoms with Gasteiger partial charge < -0.3 is 15.4 Å². The maximum atomic E-state index is 14.8. The standard InChI is InChI=1S/C30H22ClF3N2O3/c31-17-4-10-23-25(13-17)35-29(38)30(23)24(16-2-1-3-19(33)12-16)15-27(37)36-28(30)22-14-20(34)7-11-26(22)39-21-8-5-18(32)6-9-21/h1-11,13-14,16,24,28H,12,15H2,(H,35,38)(H,36,37)/t16?,24-,28+,30-/m0/s1. The van der Waals surface area contributed by atoms with Gasteiger partial charge in [0, 0.05) is 29.1 Å². The molecule has 2 N–H and O–H groups in total. The summed E-state index contributed by atoms with van der Waals surface area (Å²) in [5.41, 5.74) is -0.208. The van der Waals surface area contributed by atoms with Crippen LogP contribution in [0.15, 0.2) is 84.7 Å². The van der Waals surface area contributed by atoms with Gasteiger partial charge in [0.1, 0.15) is 34.4 Å². The lowest BCUT2D eigenvalue weighted by atomic mass is 9.57. The van der Waals surface area contributed by atoms with E-state index in [1.165, 1.54) is 48.5 Å². The average molecular weight is 551 g/mol. The van der Waals surface area contributed by atoms with Gasteiger partial charge in [-0.25, -0.2) is 13.2 Å². The number of benzene rings is 3. The monoisotopic (exact) mass is 550 g/mol. The normalized spacial score (nSPS) is 25.6. The van der Waals surface area contributed by atoms with Crippen LogP contribution in [0.25, 0.3) is 0 Å². The molecule has 3 aromatic rings. The zero-order valence-corrected chi connectivity index (χ0v) is 21.1. The van der Waals surface area contributed by atoms with E-state index in [0.717, 1.165) is 0 Å². The predicted molar refractivity (Wildman–Crippen MR) is 140 cm³/mol. The fourth-order valence-corrected chi connectivity index (χ4v) is 6.28. The first-order valence-corrected chi connectivity index (χ1v) is 12.8. The molecule has 2 aliphatic heterocycles. The first-order chi connectivity index (χ1) is 18.8. The average Bonchev–Trinajstić information content (AvgIpc) is 3.18. The quantitative estimate of drug-likeness (QED) is 0.371. The Morgan fingerprint density at radius 3 is 2.46 bits per heavy atom. The van der Waals surface area contributed by atoms with Crippen LogP contribution in [-0.2, 0) is 15.0 Å². The van der Waals surface area contributed by atoms with Crippen molar-refractivity contribution in [2.45, 2.75) is 24.3 Å². The number of amides is 2. The van der Waals surface area contributed by atoms with Crippen molar-refractivity contribution in [2.24, 2.45) is 11.8 Å². The summed E-state index contributed by atoms with van der Waals surface area (Å²) >= 11 is 6.24. The molecule has 198 valence electrons. The summed E-state index contributed by atoms with van der Waals surface area (Å²) in [5, 5.41) is 6.22. The number of hydrogen-bond donors (Lipinski definition) is 2. The van der Waals surface area contributed by atoms with E-state index in [1.807, 2.05) is 0 Å². The van der Waals surface area contributed by atoms with Crippen molar-refractivity contribution < 1.29 is 27.5 Å². The van der Waals surface area contributed by atoms with Gasteiger partial charge in [-0.3, -0.25) is 9.59 Å². The highest BCUT2D eigenvalue weighted by atomic mass is 35.5. The molecular weight excluding hydrogens is 529 g/mol. The highest BCUT2D eigenvalue weighted by Crippen LogP contribution is 2.58. The summed E-state index contributed by atoms with van der Waals surface area (Å²) in [6.45, 7) is 0. The molecule has 2 amide bonds. The van der Waals surface area contributed by atoms with Crippen molar-refractivity contribution in [2.75, 3.05) is 5.32 Å². The third-order valence-electron chi connectivity index (χ3n) is 7.71. The summed E-state index contributed by atoms with van der Waals surface area (Å²) in [6.07, 6.45) is 4.69. The van der Waals surface area contributed by atoms with Gasteiger partial charge in [-0.1, -0.05) is 29.8 Å². The zero-order valence-electron chi connectivity index (χ0n) is 20.4. The Balaban J connectivity index is 1.56. The molecule has 2 heterocycles. The minimum atomic E-state index is -1.45. The van der Waals surface area contributed by atoms with Gasteiger partial charge >= 0.3 is 0 Å². The van der Waals surface area contributed by atoms with Crippen molar-refractivity contribution in [3.63, 3.8) is 0 Å². The lowest BCUT2D eigenvalue weighted by Crippen LogP contribution is -2.59. The smallest absolute Gasteiger partial charge is 0.237 e. The fraction of sp³-hybridized carbons (Fsp3) is 0.200. The number of carbonyl (C=O) groups is 2. The Bertz CT molecular complexity index is 1560. The Kier molecular flexibility index (Phi) is 6.22.